The minimum atomic E-state index is 0.0306. The lowest BCUT2D eigenvalue weighted by atomic mass is 10.1. The number of carbonyl (C=O) groups is 1. The maximum Gasteiger partial charge on any atom is 0.227 e. The van der Waals surface area contributed by atoms with Crippen molar-refractivity contribution in [3.8, 4) is 6.07 Å². The maximum atomic E-state index is 12.2. The van der Waals surface area contributed by atoms with Crippen molar-refractivity contribution in [3.05, 3.63) is 65.0 Å². The van der Waals surface area contributed by atoms with Crippen LogP contribution in [0.1, 0.15) is 22.5 Å². The lowest BCUT2D eigenvalue weighted by Gasteiger charge is -2.17. The zero-order chi connectivity index (χ0) is 15.2. The third-order valence-corrected chi connectivity index (χ3v) is 3.21. The first-order chi connectivity index (χ1) is 10.1. The van der Waals surface area contributed by atoms with Gasteiger partial charge in [-0.05, 0) is 36.8 Å². The van der Waals surface area contributed by atoms with Gasteiger partial charge in [0.15, 0.2) is 0 Å². The number of rotatable bonds is 4. The van der Waals surface area contributed by atoms with E-state index in [1.54, 1.807) is 24.1 Å². The molecule has 0 N–H and O–H groups in total. The molecule has 2 aromatic rings. The largest absolute Gasteiger partial charge is 0.340 e. The molecule has 1 aromatic heterocycles. The summed E-state index contributed by atoms with van der Waals surface area (Å²) in [7, 11) is 1.77. The van der Waals surface area contributed by atoms with Crippen LogP contribution in [0.4, 0.5) is 0 Å². The van der Waals surface area contributed by atoms with Gasteiger partial charge < -0.3 is 4.90 Å². The summed E-state index contributed by atoms with van der Waals surface area (Å²) in [5.74, 6) is 0.0306. The summed E-state index contributed by atoms with van der Waals surface area (Å²) in [6.45, 7) is 2.43. The highest BCUT2D eigenvalue weighted by atomic mass is 16.2. The molecule has 0 aliphatic rings. The number of hydrogen-bond acceptors (Lipinski definition) is 3. The van der Waals surface area contributed by atoms with Crippen molar-refractivity contribution < 1.29 is 4.79 Å². The van der Waals surface area contributed by atoms with Crippen LogP contribution in [-0.2, 0) is 17.8 Å². The first-order valence-electron chi connectivity index (χ1n) is 6.74. The summed E-state index contributed by atoms with van der Waals surface area (Å²) in [6.07, 6.45) is 0.327. The molecular formula is C17H17N3O. The molecule has 0 radical (unpaired) electrons. The van der Waals surface area contributed by atoms with Gasteiger partial charge in [-0.2, -0.15) is 5.26 Å². The zero-order valence-electron chi connectivity index (χ0n) is 12.2. The van der Waals surface area contributed by atoms with Gasteiger partial charge in [-0.15, -0.1) is 0 Å². The molecule has 0 atom stereocenters. The lowest BCUT2D eigenvalue weighted by molar-refractivity contribution is -0.129. The summed E-state index contributed by atoms with van der Waals surface area (Å²) in [5, 5.41) is 8.75. The highest BCUT2D eigenvalue weighted by Gasteiger charge is 2.11. The highest BCUT2D eigenvalue weighted by Crippen LogP contribution is 2.07. The van der Waals surface area contributed by atoms with Crippen LogP contribution in [0.5, 0.6) is 0 Å². The van der Waals surface area contributed by atoms with E-state index in [0.29, 0.717) is 18.5 Å². The molecule has 4 nitrogen and oxygen atoms in total. The first kappa shape index (κ1) is 14.7. The highest BCUT2D eigenvalue weighted by molar-refractivity contribution is 5.78. The van der Waals surface area contributed by atoms with Gasteiger partial charge in [0, 0.05) is 12.7 Å². The molecule has 106 valence electrons. The maximum absolute atomic E-state index is 12.2. The second-order valence-corrected chi connectivity index (χ2v) is 5.01. The molecule has 1 aromatic carbocycles. The predicted molar refractivity (Wildman–Crippen MR) is 80.3 cm³/mol. The van der Waals surface area contributed by atoms with Crippen molar-refractivity contribution in [2.45, 2.75) is 19.9 Å². The van der Waals surface area contributed by atoms with Crippen LogP contribution < -0.4 is 0 Å². The number of hydrogen-bond donors (Lipinski definition) is 0. The normalized spacial score (nSPS) is 9.95. The zero-order valence-corrected chi connectivity index (χ0v) is 12.2. The fourth-order valence-corrected chi connectivity index (χ4v) is 2.03. The van der Waals surface area contributed by atoms with Crippen molar-refractivity contribution in [3.63, 3.8) is 0 Å². The number of benzene rings is 1. The molecule has 0 saturated heterocycles. The Hall–Kier alpha value is -2.67. The molecule has 1 heterocycles. The van der Waals surface area contributed by atoms with Gasteiger partial charge in [0.05, 0.1) is 30.3 Å². The van der Waals surface area contributed by atoms with Gasteiger partial charge in [-0.3, -0.25) is 9.78 Å². The van der Waals surface area contributed by atoms with Gasteiger partial charge in [0.2, 0.25) is 5.91 Å². The quantitative estimate of drug-likeness (QED) is 0.864. The Balaban J connectivity index is 1.97. The van der Waals surface area contributed by atoms with E-state index in [0.717, 1.165) is 17.0 Å². The van der Waals surface area contributed by atoms with Crippen LogP contribution >= 0.6 is 0 Å². The molecule has 1 amide bonds. The molecule has 0 spiro atoms. The SMILES string of the molecule is Cc1cccc(CN(C)C(=O)Cc2ccc(C#N)cc2)n1. The van der Waals surface area contributed by atoms with E-state index in [9.17, 15) is 4.79 Å². The van der Waals surface area contributed by atoms with Crippen LogP contribution in [0.3, 0.4) is 0 Å². The third kappa shape index (κ3) is 4.15. The summed E-state index contributed by atoms with van der Waals surface area (Å²) in [6, 6.07) is 14.9. The molecule has 0 aliphatic heterocycles. The second kappa shape index (κ2) is 6.67. The van der Waals surface area contributed by atoms with Gasteiger partial charge in [0.25, 0.3) is 0 Å². The number of amides is 1. The van der Waals surface area contributed by atoms with E-state index in [2.05, 4.69) is 11.1 Å². The van der Waals surface area contributed by atoms with E-state index in [4.69, 9.17) is 5.26 Å². The minimum absolute atomic E-state index is 0.0306. The number of likely N-dealkylation sites (N-methyl/N-ethyl adjacent to an activating group) is 1. The fraction of sp³-hybridized carbons (Fsp3) is 0.235. The molecular weight excluding hydrogens is 262 g/mol. The molecule has 0 saturated carbocycles. The third-order valence-electron chi connectivity index (χ3n) is 3.21. The average Bonchev–Trinajstić information content (AvgIpc) is 2.48. The smallest absolute Gasteiger partial charge is 0.227 e. The van der Waals surface area contributed by atoms with Crippen molar-refractivity contribution in [2.24, 2.45) is 0 Å². The molecule has 0 fully saturated rings. The first-order valence-corrected chi connectivity index (χ1v) is 6.74. The second-order valence-electron chi connectivity index (χ2n) is 5.01. The van der Waals surface area contributed by atoms with E-state index in [-0.39, 0.29) is 5.91 Å². The number of nitriles is 1. The Labute approximate surface area is 124 Å². The fourth-order valence-electron chi connectivity index (χ4n) is 2.03. The molecule has 0 aliphatic carbocycles. The summed E-state index contributed by atoms with van der Waals surface area (Å²) >= 11 is 0. The Morgan fingerprint density at radius 3 is 2.57 bits per heavy atom. The van der Waals surface area contributed by atoms with Crippen LogP contribution in [-0.4, -0.2) is 22.8 Å². The molecule has 0 unspecified atom stereocenters. The number of aromatic nitrogens is 1. The number of carbonyl (C=O) groups excluding carboxylic acids is 1. The Morgan fingerprint density at radius 1 is 1.24 bits per heavy atom. The average molecular weight is 279 g/mol. The van der Waals surface area contributed by atoms with Crippen LogP contribution in [0, 0.1) is 18.3 Å². The molecule has 4 heteroatoms. The van der Waals surface area contributed by atoms with Crippen LogP contribution in [0.15, 0.2) is 42.5 Å². The summed E-state index contributed by atoms with van der Waals surface area (Å²) in [5.41, 5.74) is 3.33. The van der Waals surface area contributed by atoms with Gasteiger partial charge in [-0.1, -0.05) is 18.2 Å². The topological polar surface area (TPSA) is 57.0 Å². The Kier molecular flexibility index (Phi) is 4.68. The van der Waals surface area contributed by atoms with E-state index < -0.39 is 0 Å². The lowest BCUT2D eigenvalue weighted by Crippen LogP contribution is -2.28. The monoisotopic (exact) mass is 279 g/mol. The molecule has 21 heavy (non-hydrogen) atoms. The summed E-state index contributed by atoms with van der Waals surface area (Å²) < 4.78 is 0. The number of pyridine rings is 1. The Bertz CT molecular complexity index is 671. The predicted octanol–water partition coefficient (Wildman–Crippen LogP) is 2.46. The Morgan fingerprint density at radius 2 is 1.95 bits per heavy atom. The number of aryl methyl sites for hydroxylation is 1. The van der Waals surface area contributed by atoms with E-state index >= 15 is 0 Å². The minimum Gasteiger partial charge on any atom is -0.340 e. The van der Waals surface area contributed by atoms with Crippen molar-refractivity contribution in [1.29, 1.82) is 5.26 Å². The standard InChI is InChI=1S/C17H17N3O/c1-13-4-3-5-16(19-13)12-20(2)17(21)10-14-6-8-15(11-18)9-7-14/h3-9H,10,12H2,1-2H3. The van der Waals surface area contributed by atoms with Crippen LogP contribution in [0.2, 0.25) is 0 Å². The van der Waals surface area contributed by atoms with Crippen molar-refractivity contribution in [1.82, 2.24) is 9.88 Å². The van der Waals surface area contributed by atoms with Crippen LogP contribution in [0.25, 0.3) is 0 Å². The molecule has 2 rings (SSSR count). The van der Waals surface area contributed by atoms with Crippen molar-refractivity contribution in [2.75, 3.05) is 7.05 Å². The van der Waals surface area contributed by atoms with E-state index in [1.165, 1.54) is 0 Å². The summed E-state index contributed by atoms with van der Waals surface area (Å²) in [4.78, 5) is 18.3. The van der Waals surface area contributed by atoms with E-state index in [1.807, 2.05) is 37.3 Å². The van der Waals surface area contributed by atoms with Crippen molar-refractivity contribution >= 4 is 5.91 Å². The molecule has 0 bridgehead atoms. The number of nitrogens with zero attached hydrogens (tertiary/aromatic N) is 3. The van der Waals surface area contributed by atoms with Gasteiger partial charge >= 0.3 is 0 Å². The van der Waals surface area contributed by atoms with Gasteiger partial charge in [-0.25, -0.2) is 0 Å². The van der Waals surface area contributed by atoms with Gasteiger partial charge in [0.1, 0.15) is 0 Å².